The summed E-state index contributed by atoms with van der Waals surface area (Å²) < 4.78 is 38.9. The van der Waals surface area contributed by atoms with Crippen molar-refractivity contribution in [1.29, 1.82) is 0 Å². The number of sulfonamides is 1. The third kappa shape index (κ3) is 4.53. The van der Waals surface area contributed by atoms with E-state index in [1.165, 1.54) is 37.0 Å². The van der Waals surface area contributed by atoms with Crippen molar-refractivity contribution in [1.82, 2.24) is 9.29 Å². The van der Waals surface area contributed by atoms with Crippen LogP contribution in [0.3, 0.4) is 0 Å². The molecule has 0 radical (unpaired) electrons. The predicted molar refractivity (Wildman–Crippen MR) is 95.2 cm³/mol. The molecule has 2 aromatic rings. The molecule has 0 bridgehead atoms. The lowest BCUT2D eigenvalue weighted by Crippen LogP contribution is -2.31. The van der Waals surface area contributed by atoms with Crippen LogP contribution in [0.5, 0.6) is 11.5 Å². The van der Waals surface area contributed by atoms with Crippen LogP contribution in [0, 0.1) is 6.92 Å². The van der Waals surface area contributed by atoms with Gasteiger partial charge >= 0.3 is 0 Å². The van der Waals surface area contributed by atoms with Gasteiger partial charge in [0.1, 0.15) is 16.4 Å². The molecular weight excluding hydrogens is 368 g/mol. The highest BCUT2D eigenvalue weighted by Crippen LogP contribution is 2.26. The molecule has 0 unspecified atom stereocenters. The van der Waals surface area contributed by atoms with Crippen molar-refractivity contribution in [2.45, 2.75) is 18.4 Å². The summed E-state index contributed by atoms with van der Waals surface area (Å²) in [5, 5.41) is 0.281. The number of pyridine rings is 1. The number of hydrogen-bond acceptors (Lipinski definition) is 5. The van der Waals surface area contributed by atoms with Gasteiger partial charge in [0.2, 0.25) is 10.0 Å². The Balaban J connectivity index is 2.17. The summed E-state index contributed by atoms with van der Waals surface area (Å²) in [5.41, 5.74) is 0.403. The number of halogens is 1. The smallest absolute Gasteiger partial charge is 0.254 e. The second-order valence-electron chi connectivity index (χ2n) is 5.22. The normalized spacial score (nSPS) is 11.4. The summed E-state index contributed by atoms with van der Waals surface area (Å²) in [5.74, 6) is 0.651. The third-order valence-corrected chi connectivity index (χ3v) is 5.30. The van der Waals surface area contributed by atoms with Gasteiger partial charge in [-0.05, 0) is 31.2 Å². The highest BCUT2D eigenvalue weighted by molar-refractivity contribution is 7.89. The minimum Gasteiger partial charge on any atom is -0.496 e. The summed E-state index contributed by atoms with van der Waals surface area (Å²) in [6, 6.07) is 7.39. The molecule has 0 aliphatic carbocycles. The van der Waals surface area contributed by atoms with Crippen LogP contribution in [0.15, 0.2) is 40.0 Å². The van der Waals surface area contributed by atoms with Gasteiger partial charge < -0.3 is 14.0 Å². The average Bonchev–Trinajstić information content (AvgIpc) is 2.57. The number of methoxy groups -OCH3 is 2. The Kier molecular flexibility index (Phi) is 6.10. The third-order valence-electron chi connectivity index (χ3n) is 3.59. The van der Waals surface area contributed by atoms with E-state index in [-0.39, 0.29) is 34.3 Å². The Hall–Kier alpha value is -2.03. The van der Waals surface area contributed by atoms with Crippen LogP contribution in [0.1, 0.15) is 5.69 Å². The molecule has 1 N–H and O–H groups in total. The van der Waals surface area contributed by atoms with Gasteiger partial charge in [0.05, 0.1) is 14.2 Å². The molecule has 1 aromatic carbocycles. The number of rotatable bonds is 7. The van der Waals surface area contributed by atoms with Crippen LogP contribution in [0.25, 0.3) is 0 Å². The van der Waals surface area contributed by atoms with Crippen molar-refractivity contribution in [3.8, 4) is 11.5 Å². The molecule has 0 atom stereocenters. The second kappa shape index (κ2) is 7.90. The van der Waals surface area contributed by atoms with Gasteiger partial charge in [-0.15, -0.1) is 0 Å². The first kappa shape index (κ1) is 19.3. The number of aromatic nitrogens is 1. The first-order chi connectivity index (χ1) is 11.8. The van der Waals surface area contributed by atoms with Crippen molar-refractivity contribution >= 4 is 21.6 Å². The zero-order valence-corrected chi connectivity index (χ0v) is 15.6. The molecule has 0 aliphatic heterocycles. The zero-order valence-electron chi connectivity index (χ0n) is 14.1. The number of nitrogens with zero attached hydrogens (tertiary/aromatic N) is 1. The standard InChI is InChI=1S/C16H19ClN2O5S/c1-11-8-13(23-2)10-16(20)19(11)7-6-18-25(21,22)15-9-12(17)4-5-14(15)24-3/h4-5,8-10,18H,6-7H2,1-3H3. The first-order valence-corrected chi connectivity index (χ1v) is 9.23. The van der Waals surface area contributed by atoms with Crippen LogP contribution < -0.4 is 19.8 Å². The van der Waals surface area contributed by atoms with Gasteiger partial charge in [0.25, 0.3) is 5.56 Å². The van der Waals surface area contributed by atoms with E-state index in [9.17, 15) is 13.2 Å². The highest BCUT2D eigenvalue weighted by atomic mass is 35.5. The molecule has 0 spiro atoms. The van der Waals surface area contributed by atoms with Gasteiger partial charge in [-0.2, -0.15) is 0 Å². The molecule has 25 heavy (non-hydrogen) atoms. The van der Waals surface area contributed by atoms with Crippen LogP contribution in [0.4, 0.5) is 0 Å². The van der Waals surface area contributed by atoms with E-state index < -0.39 is 10.0 Å². The number of nitrogens with one attached hydrogen (secondary N) is 1. The van der Waals surface area contributed by atoms with Gasteiger partial charge in [-0.1, -0.05) is 11.6 Å². The quantitative estimate of drug-likeness (QED) is 0.784. The molecule has 136 valence electrons. The van der Waals surface area contributed by atoms with Crippen molar-refractivity contribution in [3.05, 3.63) is 51.4 Å². The monoisotopic (exact) mass is 386 g/mol. The minimum atomic E-state index is -3.83. The van der Waals surface area contributed by atoms with E-state index in [0.717, 1.165) is 0 Å². The minimum absolute atomic E-state index is 0.0328. The van der Waals surface area contributed by atoms with Crippen LogP contribution >= 0.6 is 11.6 Å². The lowest BCUT2D eigenvalue weighted by atomic mass is 10.3. The molecule has 0 fully saturated rings. The Morgan fingerprint density at radius 1 is 1.16 bits per heavy atom. The molecule has 0 amide bonds. The molecule has 1 aromatic heterocycles. The molecule has 9 heteroatoms. The van der Waals surface area contributed by atoms with Gasteiger partial charge in [0, 0.05) is 29.9 Å². The lowest BCUT2D eigenvalue weighted by Gasteiger charge is -2.13. The Morgan fingerprint density at radius 3 is 2.48 bits per heavy atom. The van der Waals surface area contributed by atoms with E-state index in [1.807, 2.05) is 0 Å². The second-order valence-corrected chi connectivity index (χ2v) is 7.39. The van der Waals surface area contributed by atoms with Crippen LogP contribution in [-0.4, -0.2) is 33.7 Å². The summed E-state index contributed by atoms with van der Waals surface area (Å²) in [7, 11) is -0.979. The largest absolute Gasteiger partial charge is 0.496 e. The topological polar surface area (TPSA) is 86.6 Å². The van der Waals surface area contributed by atoms with Crippen LogP contribution in [0.2, 0.25) is 5.02 Å². The Morgan fingerprint density at radius 2 is 1.88 bits per heavy atom. The van der Waals surface area contributed by atoms with Crippen molar-refractivity contribution in [2.75, 3.05) is 20.8 Å². The summed E-state index contributed by atoms with van der Waals surface area (Å²) >= 11 is 5.87. The Bertz CT molecular complexity index is 925. The molecule has 7 nitrogen and oxygen atoms in total. The van der Waals surface area contributed by atoms with Crippen molar-refractivity contribution in [3.63, 3.8) is 0 Å². The molecule has 0 saturated carbocycles. The van der Waals surface area contributed by atoms with Gasteiger partial charge in [-0.3, -0.25) is 4.79 Å². The fourth-order valence-corrected chi connectivity index (χ4v) is 3.78. The maximum Gasteiger partial charge on any atom is 0.254 e. The summed E-state index contributed by atoms with van der Waals surface area (Å²) in [4.78, 5) is 12.0. The molecule has 1 heterocycles. The number of aryl methyl sites for hydroxylation is 1. The van der Waals surface area contributed by atoms with E-state index in [2.05, 4.69) is 4.72 Å². The summed E-state index contributed by atoms with van der Waals surface area (Å²) in [6.45, 7) is 1.96. The fraction of sp³-hybridized carbons (Fsp3) is 0.312. The maximum absolute atomic E-state index is 12.5. The van der Waals surface area contributed by atoms with Gasteiger partial charge in [-0.25, -0.2) is 13.1 Å². The molecule has 0 aliphatic rings. The number of ether oxygens (including phenoxy) is 2. The summed E-state index contributed by atoms with van der Waals surface area (Å²) in [6.07, 6.45) is 0. The SMILES string of the molecule is COc1cc(C)n(CCNS(=O)(=O)c2cc(Cl)ccc2OC)c(=O)c1. The Labute approximate surface area is 151 Å². The van der Waals surface area contributed by atoms with Crippen LogP contribution in [-0.2, 0) is 16.6 Å². The van der Waals surface area contributed by atoms with Gasteiger partial charge in [0.15, 0.2) is 0 Å². The van der Waals surface area contributed by atoms with E-state index in [4.69, 9.17) is 21.1 Å². The predicted octanol–water partition coefficient (Wildman–Crippen LogP) is 1.81. The van der Waals surface area contributed by atoms with E-state index in [1.54, 1.807) is 19.1 Å². The van der Waals surface area contributed by atoms with E-state index in [0.29, 0.717) is 11.4 Å². The van der Waals surface area contributed by atoms with E-state index >= 15 is 0 Å². The first-order valence-electron chi connectivity index (χ1n) is 7.37. The lowest BCUT2D eigenvalue weighted by molar-refractivity contribution is 0.402. The van der Waals surface area contributed by atoms with Crippen molar-refractivity contribution < 1.29 is 17.9 Å². The average molecular weight is 387 g/mol. The molecular formula is C16H19ClN2O5S. The maximum atomic E-state index is 12.5. The van der Waals surface area contributed by atoms with Crippen molar-refractivity contribution in [2.24, 2.45) is 0 Å². The number of benzene rings is 1. The zero-order chi connectivity index (χ0) is 18.6. The molecule has 0 saturated heterocycles. The highest BCUT2D eigenvalue weighted by Gasteiger charge is 2.19. The fourth-order valence-electron chi connectivity index (χ4n) is 2.33. The molecule has 2 rings (SSSR count). The number of hydrogen-bond donors (Lipinski definition) is 1.